The molecule has 2 N–H and O–H groups in total. The standard InChI is InChI=1S/C20H31N5O2.HI/c1-5-11-21-20(22-14-19(26)24(2)3)23-16-8-7-12-25(15-16)17-9-6-10-18(13-17)27-4;/h5-6,9-10,13,16H,1,7-8,11-12,14-15H2,2-4H3,(H2,21,22,23);1H. The fourth-order valence-corrected chi connectivity index (χ4v) is 2.94. The molecule has 2 rings (SSSR count). The molecule has 0 aromatic heterocycles. The van der Waals surface area contributed by atoms with Crippen LogP contribution in [0.3, 0.4) is 0 Å². The normalized spacial score (nSPS) is 16.6. The van der Waals surface area contributed by atoms with Gasteiger partial charge in [-0.2, -0.15) is 0 Å². The van der Waals surface area contributed by atoms with Gasteiger partial charge in [-0.25, -0.2) is 4.99 Å². The lowest BCUT2D eigenvalue weighted by molar-refractivity contribution is -0.127. The van der Waals surface area contributed by atoms with Gasteiger partial charge in [-0.15, -0.1) is 30.6 Å². The molecule has 0 bridgehead atoms. The number of piperidine rings is 1. The van der Waals surface area contributed by atoms with Gasteiger partial charge in [0, 0.05) is 51.5 Å². The fourth-order valence-electron chi connectivity index (χ4n) is 2.94. The Bertz CT molecular complexity index is 666. The van der Waals surface area contributed by atoms with Gasteiger partial charge >= 0.3 is 0 Å². The van der Waals surface area contributed by atoms with Gasteiger partial charge < -0.3 is 25.2 Å². The van der Waals surface area contributed by atoms with Crippen molar-refractivity contribution in [2.24, 2.45) is 4.99 Å². The molecule has 0 radical (unpaired) electrons. The third-order valence-corrected chi connectivity index (χ3v) is 4.47. The number of nitrogens with zero attached hydrogens (tertiary/aromatic N) is 3. The highest BCUT2D eigenvalue weighted by Crippen LogP contribution is 2.24. The maximum absolute atomic E-state index is 11.8. The molecular formula is C20H32IN5O2. The van der Waals surface area contributed by atoms with Gasteiger partial charge in [0.2, 0.25) is 5.91 Å². The van der Waals surface area contributed by atoms with Crippen molar-refractivity contribution in [1.29, 1.82) is 0 Å². The number of anilines is 1. The molecule has 156 valence electrons. The molecule has 1 fully saturated rings. The SMILES string of the molecule is C=CCNC(=NCC(=O)N(C)C)NC1CCCN(c2cccc(OC)c2)C1.I. The Morgan fingerprint density at radius 3 is 2.93 bits per heavy atom. The molecular weight excluding hydrogens is 469 g/mol. The Labute approximate surface area is 185 Å². The van der Waals surface area contributed by atoms with Crippen molar-refractivity contribution in [3.8, 4) is 5.75 Å². The molecule has 1 aromatic rings. The van der Waals surface area contributed by atoms with E-state index in [1.165, 1.54) is 0 Å². The van der Waals surface area contributed by atoms with E-state index >= 15 is 0 Å². The first-order valence-electron chi connectivity index (χ1n) is 9.28. The summed E-state index contributed by atoms with van der Waals surface area (Å²) in [6.45, 7) is 6.31. The number of hydrogen-bond acceptors (Lipinski definition) is 4. The quantitative estimate of drug-likeness (QED) is 0.259. The summed E-state index contributed by atoms with van der Waals surface area (Å²) < 4.78 is 5.34. The first-order valence-corrected chi connectivity index (χ1v) is 9.28. The first kappa shape index (κ1) is 24.1. The van der Waals surface area contributed by atoms with Crippen molar-refractivity contribution in [3.63, 3.8) is 0 Å². The molecule has 8 heteroatoms. The van der Waals surface area contributed by atoms with Crippen LogP contribution in [0.2, 0.25) is 0 Å². The number of benzene rings is 1. The third-order valence-electron chi connectivity index (χ3n) is 4.47. The van der Waals surface area contributed by atoms with Crippen LogP contribution < -0.4 is 20.3 Å². The highest BCUT2D eigenvalue weighted by atomic mass is 127. The number of carbonyl (C=O) groups excluding carboxylic acids is 1. The monoisotopic (exact) mass is 501 g/mol. The van der Waals surface area contributed by atoms with E-state index in [1.54, 1.807) is 32.2 Å². The topological polar surface area (TPSA) is 69.2 Å². The summed E-state index contributed by atoms with van der Waals surface area (Å²) in [6.07, 6.45) is 3.91. The summed E-state index contributed by atoms with van der Waals surface area (Å²) in [6, 6.07) is 8.37. The summed E-state index contributed by atoms with van der Waals surface area (Å²) in [4.78, 5) is 20.1. The van der Waals surface area contributed by atoms with Gasteiger partial charge in [0.1, 0.15) is 12.3 Å². The number of ether oxygens (including phenoxy) is 1. The lowest BCUT2D eigenvalue weighted by Crippen LogP contribution is -2.51. The average Bonchev–Trinajstić information content (AvgIpc) is 2.69. The smallest absolute Gasteiger partial charge is 0.243 e. The maximum Gasteiger partial charge on any atom is 0.243 e. The van der Waals surface area contributed by atoms with Crippen LogP contribution in [0.15, 0.2) is 41.9 Å². The minimum absolute atomic E-state index is 0. The molecule has 1 aliphatic heterocycles. The zero-order valence-corrected chi connectivity index (χ0v) is 19.3. The van der Waals surface area contributed by atoms with Crippen molar-refractivity contribution >= 4 is 41.5 Å². The molecule has 1 atom stereocenters. The predicted molar refractivity (Wildman–Crippen MR) is 126 cm³/mol. The number of rotatable bonds is 7. The summed E-state index contributed by atoms with van der Waals surface area (Å²) >= 11 is 0. The molecule has 1 saturated heterocycles. The molecule has 1 unspecified atom stereocenters. The van der Waals surface area contributed by atoms with Gasteiger partial charge in [-0.05, 0) is 25.0 Å². The summed E-state index contributed by atoms with van der Waals surface area (Å²) in [5.74, 6) is 1.47. The Morgan fingerprint density at radius 1 is 1.46 bits per heavy atom. The number of aliphatic imine (C=N–C) groups is 1. The zero-order valence-electron chi connectivity index (χ0n) is 17.0. The lowest BCUT2D eigenvalue weighted by atomic mass is 10.0. The molecule has 0 aliphatic carbocycles. The van der Waals surface area contributed by atoms with Gasteiger partial charge in [0.15, 0.2) is 5.96 Å². The number of methoxy groups -OCH3 is 1. The van der Waals surface area contributed by atoms with Crippen LogP contribution in [-0.2, 0) is 4.79 Å². The Hall–Kier alpha value is -1.97. The van der Waals surface area contributed by atoms with Gasteiger partial charge in [0.25, 0.3) is 0 Å². The zero-order chi connectivity index (χ0) is 19.6. The second kappa shape index (κ2) is 12.5. The van der Waals surface area contributed by atoms with Gasteiger partial charge in [-0.1, -0.05) is 12.1 Å². The number of nitrogens with one attached hydrogen (secondary N) is 2. The largest absolute Gasteiger partial charge is 0.497 e. The first-order chi connectivity index (χ1) is 13.0. The molecule has 7 nitrogen and oxygen atoms in total. The number of guanidine groups is 1. The van der Waals surface area contributed by atoms with Crippen molar-refractivity contribution in [2.75, 3.05) is 52.3 Å². The number of hydrogen-bond donors (Lipinski definition) is 2. The Morgan fingerprint density at radius 2 is 2.25 bits per heavy atom. The van der Waals surface area contributed by atoms with E-state index < -0.39 is 0 Å². The van der Waals surface area contributed by atoms with Crippen molar-refractivity contribution in [1.82, 2.24) is 15.5 Å². The molecule has 1 amide bonds. The predicted octanol–water partition coefficient (Wildman–Crippen LogP) is 2.09. The summed E-state index contributed by atoms with van der Waals surface area (Å²) in [5, 5.41) is 6.66. The summed E-state index contributed by atoms with van der Waals surface area (Å²) in [5.41, 5.74) is 1.15. The van der Waals surface area contributed by atoms with E-state index in [-0.39, 0.29) is 42.5 Å². The number of halogens is 1. The second-order valence-corrected chi connectivity index (χ2v) is 6.75. The second-order valence-electron chi connectivity index (χ2n) is 6.75. The van der Waals surface area contributed by atoms with E-state index in [2.05, 4.69) is 39.2 Å². The van der Waals surface area contributed by atoms with E-state index in [9.17, 15) is 4.79 Å². The Kier molecular flexibility index (Phi) is 10.7. The molecule has 0 saturated carbocycles. The number of amides is 1. The van der Waals surface area contributed by atoms with Crippen molar-refractivity contribution < 1.29 is 9.53 Å². The third kappa shape index (κ3) is 7.57. The van der Waals surface area contributed by atoms with Crippen LogP contribution in [-0.4, -0.2) is 70.2 Å². The minimum atomic E-state index is -0.0312. The highest BCUT2D eigenvalue weighted by Gasteiger charge is 2.21. The van der Waals surface area contributed by atoms with Crippen LogP contribution >= 0.6 is 24.0 Å². The van der Waals surface area contributed by atoms with Crippen LogP contribution in [0.4, 0.5) is 5.69 Å². The van der Waals surface area contributed by atoms with Gasteiger partial charge in [0.05, 0.1) is 7.11 Å². The van der Waals surface area contributed by atoms with Crippen LogP contribution in [0.25, 0.3) is 0 Å². The van der Waals surface area contributed by atoms with E-state index in [0.717, 1.165) is 37.4 Å². The van der Waals surface area contributed by atoms with Crippen LogP contribution in [0.5, 0.6) is 5.75 Å². The van der Waals surface area contributed by atoms with Crippen molar-refractivity contribution in [2.45, 2.75) is 18.9 Å². The maximum atomic E-state index is 11.8. The van der Waals surface area contributed by atoms with E-state index in [0.29, 0.717) is 12.5 Å². The molecule has 1 aromatic carbocycles. The molecule has 1 aliphatic rings. The number of carbonyl (C=O) groups is 1. The van der Waals surface area contributed by atoms with Crippen LogP contribution in [0, 0.1) is 0 Å². The number of likely N-dealkylation sites (N-methyl/N-ethyl adjacent to an activating group) is 1. The van der Waals surface area contributed by atoms with Gasteiger partial charge in [-0.3, -0.25) is 4.79 Å². The van der Waals surface area contributed by atoms with Crippen LogP contribution in [0.1, 0.15) is 12.8 Å². The summed E-state index contributed by atoms with van der Waals surface area (Å²) in [7, 11) is 5.15. The lowest BCUT2D eigenvalue weighted by Gasteiger charge is -2.35. The average molecular weight is 501 g/mol. The van der Waals surface area contributed by atoms with Crippen molar-refractivity contribution in [3.05, 3.63) is 36.9 Å². The minimum Gasteiger partial charge on any atom is -0.497 e. The molecule has 28 heavy (non-hydrogen) atoms. The Balaban J connectivity index is 0.00000392. The molecule has 0 spiro atoms. The fraction of sp³-hybridized carbons (Fsp3) is 0.500. The van der Waals surface area contributed by atoms with E-state index in [1.807, 2.05) is 12.1 Å². The van der Waals surface area contributed by atoms with E-state index in [4.69, 9.17) is 4.74 Å². The highest BCUT2D eigenvalue weighted by molar-refractivity contribution is 14.0. The molecule has 1 heterocycles.